The van der Waals surface area contributed by atoms with Crippen LogP contribution >= 0.6 is 0 Å². The van der Waals surface area contributed by atoms with E-state index in [0.717, 1.165) is 83.5 Å². The van der Waals surface area contributed by atoms with Gasteiger partial charge in [0.05, 0.1) is 25.4 Å². The lowest BCUT2D eigenvalue weighted by Crippen LogP contribution is -2.60. The molecule has 1 amide bonds. The van der Waals surface area contributed by atoms with E-state index in [1.807, 2.05) is 0 Å². The first kappa shape index (κ1) is 77.4. The summed E-state index contributed by atoms with van der Waals surface area (Å²) in [5.41, 5.74) is 0. The summed E-state index contributed by atoms with van der Waals surface area (Å²) < 4.78 is 11.4. The Bertz CT molecular complexity index is 1570. The molecular weight excluding hydrogens is 1020 g/mol. The number of aliphatic hydroxyl groups is 5. The number of rotatable bonds is 60. The van der Waals surface area contributed by atoms with Gasteiger partial charge in [-0.25, -0.2) is 0 Å². The van der Waals surface area contributed by atoms with Crippen LogP contribution in [0.3, 0.4) is 0 Å². The number of carbonyl (C=O) groups is 1. The summed E-state index contributed by atoms with van der Waals surface area (Å²) in [5.74, 6) is -0.141. The van der Waals surface area contributed by atoms with Gasteiger partial charge in [-0.3, -0.25) is 4.79 Å². The van der Waals surface area contributed by atoms with E-state index in [0.29, 0.717) is 12.8 Å². The zero-order valence-corrected chi connectivity index (χ0v) is 53.2. The lowest BCUT2D eigenvalue weighted by Gasteiger charge is -2.40. The topological polar surface area (TPSA) is 149 Å². The van der Waals surface area contributed by atoms with Crippen molar-refractivity contribution in [3.05, 3.63) is 85.1 Å². The first-order valence-electron chi connectivity index (χ1n) is 34.8. The molecule has 1 aliphatic rings. The molecule has 476 valence electrons. The number of hydrogen-bond acceptors (Lipinski definition) is 8. The lowest BCUT2D eigenvalue weighted by molar-refractivity contribution is -0.302. The number of aliphatic hydroxyl groups excluding tert-OH is 5. The summed E-state index contributed by atoms with van der Waals surface area (Å²) in [6, 6.07) is -0.721. The minimum absolute atomic E-state index is 0.137. The van der Waals surface area contributed by atoms with Gasteiger partial charge in [0.1, 0.15) is 24.4 Å². The Balaban J connectivity index is 2.06. The number of allylic oxidation sites excluding steroid dienone is 14. The number of unbranched alkanes of at least 4 members (excludes halogenated alkanes) is 36. The third kappa shape index (κ3) is 49.6. The summed E-state index contributed by atoms with van der Waals surface area (Å²) in [5, 5.41) is 54.9. The van der Waals surface area contributed by atoms with Gasteiger partial charge in [-0.2, -0.15) is 0 Å². The van der Waals surface area contributed by atoms with Crippen LogP contribution in [0.1, 0.15) is 316 Å². The minimum Gasteiger partial charge on any atom is -0.394 e. The highest BCUT2D eigenvalue weighted by Crippen LogP contribution is 2.24. The summed E-state index contributed by atoms with van der Waals surface area (Å²) in [6.07, 6.45) is 80.8. The van der Waals surface area contributed by atoms with Gasteiger partial charge in [0.25, 0.3) is 0 Å². The van der Waals surface area contributed by atoms with Crippen LogP contribution in [0.4, 0.5) is 0 Å². The van der Waals surface area contributed by atoms with Gasteiger partial charge >= 0.3 is 0 Å². The maximum atomic E-state index is 13.1. The fourth-order valence-electron chi connectivity index (χ4n) is 10.9. The molecular formula is C73H131NO8. The molecule has 0 aliphatic carbocycles. The number of nitrogens with one attached hydrogen (secondary N) is 1. The van der Waals surface area contributed by atoms with Gasteiger partial charge in [-0.15, -0.1) is 0 Å². The van der Waals surface area contributed by atoms with Crippen LogP contribution in [0.2, 0.25) is 0 Å². The van der Waals surface area contributed by atoms with Gasteiger partial charge in [-0.05, 0) is 70.6 Å². The number of hydrogen-bond donors (Lipinski definition) is 6. The van der Waals surface area contributed by atoms with Gasteiger partial charge in [0.2, 0.25) is 5.91 Å². The predicted molar refractivity (Wildman–Crippen MR) is 350 cm³/mol. The van der Waals surface area contributed by atoms with Crippen LogP contribution in [-0.4, -0.2) is 87.5 Å². The Kier molecular flexibility index (Phi) is 58.0. The largest absolute Gasteiger partial charge is 0.394 e. The van der Waals surface area contributed by atoms with Crippen molar-refractivity contribution < 1.29 is 39.8 Å². The standard InChI is InChI=1S/C73H131NO8/c1-3-5-7-9-11-13-15-17-19-21-23-24-25-26-27-28-29-30-31-32-33-34-35-36-37-38-39-40-41-42-43-44-45-47-49-51-53-55-57-59-61-63-69(77)74-66(65-81-73-72(80)71(79)70(78)68(64-75)82-73)67(76)62-60-58-56-54-52-50-48-46-22-20-18-16-14-12-10-8-6-4-2/h5,7,11,13,17,19,23-24,26-27,29-30,32-33,66-68,70-73,75-76,78-80H,3-4,6,8-10,12,14-16,18,20-22,25,28,31,34-65H2,1-2H3,(H,74,77)/b7-5-,13-11-,19-17-,24-23-,27-26-,30-29-,33-32-. The molecule has 1 saturated heterocycles. The highest BCUT2D eigenvalue weighted by Gasteiger charge is 2.44. The Morgan fingerprint density at radius 2 is 0.756 bits per heavy atom. The minimum atomic E-state index is -1.56. The normalized spacial score (nSPS) is 18.8. The van der Waals surface area contributed by atoms with E-state index in [1.54, 1.807) is 0 Å². The third-order valence-corrected chi connectivity index (χ3v) is 16.3. The van der Waals surface area contributed by atoms with Crippen molar-refractivity contribution in [2.24, 2.45) is 0 Å². The molecule has 82 heavy (non-hydrogen) atoms. The molecule has 9 nitrogen and oxygen atoms in total. The highest BCUT2D eigenvalue weighted by atomic mass is 16.7. The van der Waals surface area contributed by atoms with Gasteiger partial charge in [0, 0.05) is 6.42 Å². The van der Waals surface area contributed by atoms with E-state index in [2.05, 4.69) is 104 Å². The van der Waals surface area contributed by atoms with Crippen molar-refractivity contribution in [2.45, 2.75) is 358 Å². The third-order valence-electron chi connectivity index (χ3n) is 16.3. The SMILES string of the molecule is CC/C=C\C/C=C\C/C=C\C/C=C\C/C=C\C/C=C\C/C=C\CCCCCCCCCCCCCCCCCCCCCC(=O)NC(COC1OC(CO)C(O)C(O)C1O)C(O)CCCCCCCCCCCCCCCCCCCC. The second-order valence-corrected chi connectivity index (χ2v) is 23.9. The predicted octanol–water partition coefficient (Wildman–Crippen LogP) is 18.9. The fourth-order valence-corrected chi connectivity index (χ4v) is 10.9. The summed E-state index contributed by atoms with van der Waals surface area (Å²) in [7, 11) is 0. The molecule has 7 atom stereocenters. The molecule has 1 fully saturated rings. The van der Waals surface area contributed by atoms with Crippen molar-refractivity contribution in [1.29, 1.82) is 0 Å². The number of carbonyl (C=O) groups excluding carboxylic acids is 1. The quantitative estimate of drug-likeness (QED) is 0.0261. The zero-order valence-electron chi connectivity index (χ0n) is 53.2. The second kappa shape index (κ2) is 61.5. The van der Waals surface area contributed by atoms with E-state index >= 15 is 0 Å². The van der Waals surface area contributed by atoms with Crippen LogP contribution in [0.15, 0.2) is 85.1 Å². The molecule has 0 aromatic carbocycles. The number of amides is 1. The van der Waals surface area contributed by atoms with E-state index in [1.165, 1.54) is 205 Å². The maximum Gasteiger partial charge on any atom is 0.220 e. The van der Waals surface area contributed by atoms with Gasteiger partial charge in [-0.1, -0.05) is 324 Å². The molecule has 1 rings (SSSR count). The van der Waals surface area contributed by atoms with Crippen molar-refractivity contribution in [3.63, 3.8) is 0 Å². The van der Waals surface area contributed by atoms with E-state index < -0.39 is 49.5 Å². The Morgan fingerprint density at radius 3 is 1.12 bits per heavy atom. The maximum absolute atomic E-state index is 13.1. The molecule has 6 N–H and O–H groups in total. The van der Waals surface area contributed by atoms with Crippen molar-refractivity contribution in [3.8, 4) is 0 Å². The highest BCUT2D eigenvalue weighted by molar-refractivity contribution is 5.76. The molecule has 0 spiro atoms. The Morgan fingerprint density at radius 1 is 0.427 bits per heavy atom. The molecule has 0 saturated carbocycles. The molecule has 1 heterocycles. The van der Waals surface area contributed by atoms with Crippen molar-refractivity contribution in [1.82, 2.24) is 5.32 Å². The van der Waals surface area contributed by atoms with E-state index in [-0.39, 0.29) is 12.5 Å². The van der Waals surface area contributed by atoms with Crippen molar-refractivity contribution >= 4 is 5.91 Å². The Labute approximate surface area is 505 Å². The molecule has 0 aromatic rings. The first-order valence-corrected chi connectivity index (χ1v) is 34.8. The van der Waals surface area contributed by atoms with Crippen LogP contribution in [-0.2, 0) is 14.3 Å². The van der Waals surface area contributed by atoms with Crippen LogP contribution in [0, 0.1) is 0 Å². The van der Waals surface area contributed by atoms with Crippen LogP contribution in [0.5, 0.6) is 0 Å². The molecule has 0 radical (unpaired) electrons. The monoisotopic (exact) mass is 1150 g/mol. The average molecular weight is 1150 g/mol. The average Bonchev–Trinajstić information content (AvgIpc) is 3.57. The summed E-state index contributed by atoms with van der Waals surface area (Å²) in [4.78, 5) is 13.1. The molecule has 9 heteroatoms. The smallest absolute Gasteiger partial charge is 0.220 e. The molecule has 0 aromatic heterocycles. The molecule has 0 bridgehead atoms. The van der Waals surface area contributed by atoms with Crippen LogP contribution in [0.25, 0.3) is 0 Å². The van der Waals surface area contributed by atoms with Crippen LogP contribution < -0.4 is 5.32 Å². The van der Waals surface area contributed by atoms with Gasteiger partial charge < -0.3 is 40.3 Å². The van der Waals surface area contributed by atoms with E-state index in [4.69, 9.17) is 9.47 Å². The summed E-state index contributed by atoms with van der Waals surface area (Å²) in [6.45, 7) is 3.75. The van der Waals surface area contributed by atoms with E-state index in [9.17, 15) is 30.3 Å². The first-order chi connectivity index (χ1) is 40.3. The molecule has 7 unspecified atom stereocenters. The zero-order chi connectivity index (χ0) is 59.3. The number of ether oxygens (including phenoxy) is 2. The lowest BCUT2D eigenvalue weighted by atomic mass is 9.99. The second-order valence-electron chi connectivity index (χ2n) is 23.9. The van der Waals surface area contributed by atoms with Crippen molar-refractivity contribution in [2.75, 3.05) is 13.2 Å². The Hall–Kier alpha value is -2.63. The summed E-state index contributed by atoms with van der Waals surface area (Å²) >= 11 is 0. The fraction of sp³-hybridized carbons (Fsp3) is 0.795. The van der Waals surface area contributed by atoms with Gasteiger partial charge in [0.15, 0.2) is 6.29 Å². The molecule has 1 aliphatic heterocycles.